The lowest BCUT2D eigenvalue weighted by Gasteiger charge is -2.25. The van der Waals surface area contributed by atoms with Gasteiger partial charge in [-0.15, -0.1) is 0 Å². The summed E-state index contributed by atoms with van der Waals surface area (Å²) in [5.74, 6) is 1.19. The first-order chi connectivity index (χ1) is 10.2. The number of nitrogens with zero attached hydrogens (tertiary/aromatic N) is 2. The molecule has 7 heteroatoms. The molecule has 2 rings (SSSR count). The monoisotopic (exact) mass is 328 g/mol. The molecule has 5 nitrogen and oxygen atoms in total. The SMILES string of the molecule is CCC(CSC)NC(=O)c1sc(N2CCCCC2)nc1N. The number of amides is 1. The van der Waals surface area contributed by atoms with Gasteiger partial charge in [0.15, 0.2) is 5.13 Å². The number of carbonyl (C=O) groups is 1. The van der Waals surface area contributed by atoms with Crippen molar-refractivity contribution in [2.75, 3.05) is 35.7 Å². The summed E-state index contributed by atoms with van der Waals surface area (Å²) in [6.45, 7) is 4.10. The van der Waals surface area contributed by atoms with E-state index in [1.165, 1.54) is 30.6 Å². The summed E-state index contributed by atoms with van der Waals surface area (Å²) in [5.41, 5.74) is 5.95. The first-order valence-corrected chi connectivity index (χ1v) is 9.67. The molecule has 21 heavy (non-hydrogen) atoms. The second-order valence-electron chi connectivity index (χ2n) is 5.29. The average Bonchev–Trinajstić information content (AvgIpc) is 2.89. The van der Waals surface area contributed by atoms with Gasteiger partial charge in [-0.2, -0.15) is 11.8 Å². The molecule has 1 aliphatic heterocycles. The maximum atomic E-state index is 12.4. The van der Waals surface area contributed by atoms with Crippen molar-refractivity contribution in [3.8, 4) is 0 Å². The zero-order chi connectivity index (χ0) is 15.2. The van der Waals surface area contributed by atoms with E-state index in [4.69, 9.17) is 5.73 Å². The minimum atomic E-state index is -0.0887. The van der Waals surface area contributed by atoms with Crippen LogP contribution >= 0.6 is 23.1 Å². The molecular weight excluding hydrogens is 304 g/mol. The number of nitrogens with one attached hydrogen (secondary N) is 1. The largest absolute Gasteiger partial charge is 0.382 e. The van der Waals surface area contributed by atoms with Crippen LogP contribution < -0.4 is 16.0 Å². The summed E-state index contributed by atoms with van der Waals surface area (Å²) >= 11 is 3.15. The maximum absolute atomic E-state index is 12.4. The van der Waals surface area contributed by atoms with Gasteiger partial charge < -0.3 is 16.0 Å². The Labute approximate surface area is 134 Å². The molecule has 1 fully saturated rings. The van der Waals surface area contributed by atoms with Crippen molar-refractivity contribution >= 4 is 40.0 Å². The van der Waals surface area contributed by atoms with Crippen molar-refractivity contribution in [2.45, 2.75) is 38.6 Å². The molecule has 0 bridgehead atoms. The van der Waals surface area contributed by atoms with E-state index in [0.29, 0.717) is 10.7 Å². The van der Waals surface area contributed by atoms with Crippen molar-refractivity contribution < 1.29 is 4.79 Å². The number of hydrogen-bond donors (Lipinski definition) is 2. The number of thioether (sulfide) groups is 1. The Kier molecular flexibility index (Phi) is 6.17. The smallest absolute Gasteiger partial charge is 0.265 e. The predicted octanol–water partition coefficient (Wildman–Crippen LogP) is 2.59. The van der Waals surface area contributed by atoms with Gasteiger partial charge in [0.1, 0.15) is 10.7 Å². The lowest BCUT2D eigenvalue weighted by Crippen LogP contribution is -2.36. The molecule has 0 radical (unpaired) electrons. The number of piperidine rings is 1. The van der Waals surface area contributed by atoms with Crippen LogP contribution in [0.3, 0.4) is 0 Å². The lowest BCUT2D eigenvalue weighted by molar-refractivity contribution is 0.0945. The molecule has 0 spiro atoms. The summed E-state index contributed by atoms with van der Waals surface area (Å²) in [4.78, 5) is 19.5. The van der Waals surface area contributed by atoms with E-state index >= 15 is 0 Å². The highest BCUT2D eigenvalue weighted by atomic mass is 32.2. The summed E-state index contributed by atoms with van der Waals surface area (Å²) in [5, 5.41) is 3.94. The van der Waals surface area contributed by atoms with Crippen molar-refractivity contribution in [3.63, 3.8) is 0 Å². The zero-order valence-corrected chi connectivity index (χ0v) is 14.4. The summed E-state index contributed by atoms with van der Waals surface area (Å²) in [7, 11) is 0. The first kappa shape index (κ1) is 16.4. The molecule has 1 aliphatic rings. The van der Waals surface area contributed by atoms with Gasteiger partial charge in [-0.05, 0) is 31.9 Å². The summed E-state index contributed by atoms with van der Waals surface area (Å²) in [6, 6.07) is 0.187. The van der Waals surface area contributed by atoms with E-state index in [-0.39, 0.29) is 11.9 Å². The number of rotatable bonds is 6. The van der Waals surface area contributed by atoms with Crippen LogP contribution in [0.15, 0.2) is 0 Å². The Morgan fingerprint density at radius 1 is 1.48 bits per heavy atom. The minimum Gasteiger partial charge on any atom is -0.382 e. The van der Waals surface area contributed by atoms with Crippen LogP contribution in [-0.4, -0.2) is 42.0 Å². The van der Waals surface area contributed by atoms with E-state index in [9.17, 15) is 4.79 Å². The molecule has 0 saturated carbocycles. The quantitative estimate of drug-likeness (QED) is 0.840. The number of nitrogens with two attached hydrogens (primary N) is 1. The molecule has 3 N–H and O–H groups in total. The summed E-state index contributed by atoms with van der Waals surface area (Å²) in [6.07, 6.45) is 6.62. The van der Waals surface area contributed by atoms with E-state index in [1.54, 1.807) is 11.8 Å². The Morgan fingerprint density at radius 3 is 2.81 bits per heavy atom. The third-order valence-corrected chi connectivity index (χ3v) is 5.54. The molecule has 1 aromatic heterocycles. The second-order valence-corrected chi connectivity index (χ2v) is 7.18. The number of hydrogen-bond acceptors (Lipinski definition) is 6. The van der Waals surface area contributed by atoms with Crippen LogP contribution in [0.2, 0.25) is 0 Å². The van der Waals surface area contributed by atoms with Crippen molar-refractivity contribution in [1.82, 2.24) is 10.3 Å². The third kappa shape index (κ3) is 4.26. The molecule has 1 saturated heterocycles. The highest BCUT2D eigenvalue weighted by Gasteiger charge is 2.22. The van der Waals surface area contributed by atoms with Gasteiger partial charge in [0.05, 0.1) is 0 Å². The molecule has 0 aromatic carbocycles. The molecular formula is C14H24N4OS2. The van der Waals surface area contributed by atoms with Crippen LogP contribution in [0, 0.1) is 0 Å². The zero-order valence-electron chi connectivity index (χ0n) is 12.7. The van der Waals surface area contributed by atoms with Crippen molar-refractivity contribution in [3.05, 3.63) is 4.88 Å². The topological polar surface area (TPSA) is 71.2 Å². The van der Waals surface area contributed by atoms with Crippen LogP contribution in [0.4, 0.5) is 10.9 Å². The van der Waals surface area contributed by atoms with E-state index in [0.717, 1.165) is 30.4 Å². The lowest BCUT2D eigenvalue weighted by atomic mass is 10.1. The molecule has 0 aliphatic carbocycles. The van der Waals surface area contributed by atoms with Crippen LogP contribution in [0.5, 0.6) is 0 Å². The van der Waals surface area contributed by atoms with Gasteiger partial charge in [0.2, 0.25) is 0 Å². The number of thiazole rings is 1. The van der Waals surface area contributed by atoms with Gasteiger partial charge >= 0.3 is 0 Å². The molecule has 1 unspecified atom stereocenters. The van der Waals surface area contributed by atoms with Crippen LogP contribution in [-0.2, 0) is 0 Å². The number of carbonyl (C=O) groups excluding carboxylic acids is 1. The van der Waals surface area contributed by atoms with Gasteiger partial charge in [0.25, 0.3) is 5.91 Å². The number of anilines is 2. The molecule has 1 aromatic rings. The molecule has 1 atom stereocenters. The fourth-order valence-corrected chi connectivity index (χ4v) is 4.08. The normalized spacial score (nSPS) is 16.8. The molecule has 1 amide bonds. The highest BCUT2D eigenvalue weighted by molar-refractivity contribution is 7.98. The Morgan fingerprint density at radius 2 is 2.19 bits per heavy atom. The Hall–Kier alpha value is -0.950. The third-order valence-electron chi connectivity index (χ3n) is 3.67. The van der Waals surface area contributed by atoms with E-state index in [1.807, 2.05) is 6.26 Å². The molecule has 118 valence electrons. The van der Waals surface area contributed by atoms with Crippen LogP contribution in [0.25, 0.3) is 0 Å². The fourth-order valence-electron chi connectivity index (χ4n) is 2.42. The Bertz CT molecular complexity index is 472. The van der Waals surface area contributed by atoms with Gasteiger partial charge in [0, 0.05) is 24.9 Å². The first-order valence-electron chi connectivity index (χ1n) is 7.46. The summed E-state index contributed by atoms with van der Waals surface area (Å²) < 4.78 is 0. The Balaban J connectivity index is 2.05. The van der Waals surface area contributed by atoms with Gasteiger partial charge in [-0.3, -0.25) is 4.79 Å². The van der Waals surface area contributed by atoms with Gasteiger partial charge in [-0.25, -0.2) is 4.98 Å². The average molecular weight is 329 g/mol. The maximum Gasteiger partial charge on any atom is 0.265 e. The van der Waals surface area contributed by atoms with E-state index < -0.39 is 0 Å². The number of aromatic nitrogens is 1. The standard InChI is InChI=1S/C14H24N4OS2/c1-3-10(9-20-2)16-13(19)11-12(15)17-14(21-11)18-7-5-4-6-8-18/h10H,3-9,15H2,1-2H3,(H,16,19). The predicted molar refractivity (Wildman–Crippen MR) is 92.5 cm³/mol. The fraction of sp³-hybridized carbons (Fsp3) is 0.714. The number of nitrogen functional groups attached to an aromatic ring is 1. The second kappa shape index (κ2) is 7.89. The molecule has 2 heterocycles. The van der Waals surface area contributed by atoms with E-state index in [2.05, 4.69) is 22.1 Å². The van der Waals surface area contributed by atoms with Crippen molar-refractivity contribution in [2.24, 2.45) is 0 Å². The highest BCUT2D eigenvalue weighted by Crippen LogP contribution is 2.30. The van der Waals surface area contributed by atoms with Crippen LogP contribution in [0.1, 0.15) is 42.3 Å². The minimum absolute atomic E-state index is 0.0887. The van der Waals surface area contributed by atoms with Crippen molar-refractivity contribution in [1.29, 1.82) is 0 Å². The van der Waals surface area contributed by atoms with Gasteiger partial charge in [-0.1, -0.05) is 18.3 Å².